The average molecular weight is 680 g/mol. The van der Waals surface area contributed by atoms with Gasteiger partial charge in [-0.15, -0.1) is 0 Å². The Bertz CT molecular complexity index is 2030. The lowest BCUT2D eigenvalue weighted by molar-refractivity contribution is -0.137. The fourth-order valence-electron chi connectivity index (χ4n) is 6.86. The summed E-state index contributed by atoms with van der Waals surface area (Å²) in [5, 5.41) is 6.33. The number of allylic oxidation sites excluding steroid dienone is 1. The summed E-state index contributed by atoms with van der Waals surface area (Å²) >= 11 is 6.37. The minimum absolute atomic E-state index is 0.00570. The van der Waals surface area contributed by atoms with Gasteiger partial charge in [0.25, 0.3) is 5.91 Å². The van der Waals surface area contributed by atoms with Gasteiger partial charge in [0.1, 0.15) is 0 Å². The van der Waals surface area contributed by atoms with E-state index in [1.165, 1.54) is 27.5 Å². The summed E-state index contributed by atoms with van der Waals surface area (Å²) < 4.78 is 34.1. The number of hydrogen-bond donors (Lipinski definition) is 0. The highest BCUT2D eigenvalue weighted by atomic mass is 35.5. The number of sulfonamides is 1. The Kier molecular flexibility index (Phi) is 9.00. The van der Waals surface area contributed by atoms with Crippen LogP contribution in [0.4, 0.5) is 0 Å². The number of halogens is 1. The molecule has 244 valence electrons. The highest BCUT2D eigenvalue weighted by Gasteiger charge is 2.44. The maximum atomic E-state index is 13.8. The Labute approximate surface area is 285 Å². The third-order valence-corrected chi connectivity index (χ3v) is 11.4. The van der Waals surface area contributed by atoms with Crippen molar-refractivity contribution in [1.82, 2.24) is 9.31 Å². The van der Waals surface area contributed by atoms with E-state index >= 15 is 0 Å². The molecule has 2 aliphatic heterocycles. The summed E-state index contributed by atoms with van der Waals surface area (Å²) in [7, 11) is -3.93. The molecule has 7 rings (SSSR count). The quantitative estimate of drug-likeness (QED) is 0.195. The van der Waals surface area contributed by atoms with E-state index in [1.807, 2.05) is 84.9 Å². The van der Waals surface area contributed by atoms with Crippen molar-refractivity contribution in [2.24, 2.45) is 11.0 Å². The second-order valence-electron chi connectivity index (χ2n) is 12.2. The second kappa shape index (κ2) is 13.5. The Morgan fingerprint density at radius 1 is 0.896 bits per heavy atom. The topological polar surface area (TPSA) is 96.4 Å². The van der Waals surface area contributed by atoms with E-state index in [-0.39, 0.29) is 34.0 Å². The Balaban J connectivity index is 1.11. The minimum Gasteiger partial charge on any atom is -0.452 e. The monoisotopic (exact) mass is 679 g/mol. The van der Waals surface area contributed by atoms with Gasteiger partial charge in [-0.1, -0.05) is 96.5 Å². The van der Waals surface area contributed by atoms with Crippen LogP contribution in [0.5, 0.6) is 0 Å². The first-order valence-corrected chi connectivity index (χ1v) is 17.9. The molecule has 0 aromatic heterocycles. The molecule has 4 aromatic carbocycles. The highest BCUT2D eigenvalue weighted by molar-refractivity contribution is 7.89. The molecule has 10 heteroatoms. The maximum Gasteiger partial charge on any atom is 0.340 e. The van der Waals surface area contributed by atoms with Crippen molar-refractivity contribution in [1.29, 1.82) is 0 Å². The van der Waals surface area contributed by atoms with Gasteiger partial charge in [0, 0.05) is 19.0 Å². The SMILES string of the molecule is O=C(OCC(=O)N1N=C2/C(=C/c3ccccc3)CCC[C@@H]2[C@@H]1c1ccccc1)c1cc(S(=O)(=O)N2CCc3ccccc3C2)ccc1Cl. The number of hydrogen-bond acceptors (Lipinski definition) is 6. The predicted molar refractivity (Wildman–Crippen MR) is 185 cm³/mol. The summed E-state index contributed by atoms with van der Waals surface area (Å²) in [6.45, 7) is -0.0282. The highest BCUT2D eigenvalue weighted by Crippen LogP contribution is 2.44. The van der Waals surface area contributed by atoms with Gasteiger partial charge >= 0.3 is 5.97 Å². The summed E-state index contributed by atoms with van der Waals surface area (Å²) in [4.78, 5) is 27.0. The largest absolute Gasteiger partial charge is 0.452 e. The van der Waals surface area contributed by atoms with Gasteiger partial charge in [0.05, 0.1) is 27.2 Å². The van der Waals surface area contributed by atoms with Crippen molar-refractivity contribution in [3.63, 3.8) is 0 Å². The molecule has 0 bridgehead atoms. The lowest BCUT2D eigenvalue weighted by Gasteiger charge is -2.29. The molecule has 0 spiro atoms. The Morgan fingerprint density at radius 3 is 2.38 bits per heavy atom. The van der Waals surface area contributed by atoms with E-state index in [2.05, 4.69) is 6.08 Å². The van der Waals surface area contributed by atoms with Gasteiger partial charge in [-0.2, -0.15) is 9.41 Å². The number of benzene rings is 4. The van der Waals surface area contributed by atoms with E-state index < -0.39 is 28.5 Å². The molecule has 1 amide bonds. The number of amides is 1. The normalized spacial score (nSPS) is 20.1. The summed E-state index contributed by atoms with van der Waals surface area (Å²) in [5.74, 6) is -1.38. The third kappa shape index (κ3) is 6.33. The van der Waals surface area contributed by atoms with Gasteiger partial charge in [-0.3, -0.25) is 4.79 Å². The van der Waals surface area contributed by atoms with Crippen LogP contribution in [0.15, 0.2) is 119 Å². The van der Waals surface area contributed by atoms with Gasteiger partial charge in [0.2, 0.25) is 10.0 Å². The van der Waals surface area contributed by atoms with E-state index in [1.54, 1.807) is 0 Å². The van der Waals surface area contributed by atoms with Crippen LogP contribution in [-0.4, -0.2) is 48.5 Å². The smallest absolute Gasteiger partial charge is 0.340 e. The molecule has 0 saturated heterocycles. The number of fused-ring (bicyclic) bond motifs is 2. The van der Waals surface area contributed by atoms with Gasteiger partial charge in [-0.05, 0) is 77.8 Å². The molecule has 3 aliphatic rings. The zero-order valence-electron chi connectivity index (χ0n) is 26.2. The van der Waals surface area contributed by atoms with Crippen LogP contribution in [0.1, 0.15) is 57.9 Å². The Morgan fingerprint density at radius 2 is 1.60 bits per heavy atom. The number of carbonyl (C=O) groups is 2. The molecule has 1 aliphatic carbocycles. The van der Waals surface area contributed by atoms with Crippen molar-refractivity contribution in [2.45, 2.75) is 43.2 Å². The first-order valence-electron chi connectivity index (χ1n) is 16.0. The van der Waals surface area contributed by atoms with Crippen LogP contribution in [0.25, 0.3) is 6.08 Å². The molecule has 8 nitrogen and oxygen atoms in total. The van der Waals surface area contributed by atoms with Crippen LogP contribution in [0.3, 0.4) is 0 Å². The molecule has 1 saturated carbocycles. The molecule has 4 aromatic rings. The molecule has 2 heterocycles. The molecular formula is C38H34ClN3O5S. The van der Waals surface area contributed by atoms with Gasteiger partial charge in [-0.25, -0.2) is 18.2 Å². The molecule has 0 unspecified atom stereocenters. The van der Waals surface area contributed by atoms with Gasteiger partial charge < -0.3 is 4.74 Å². The lowest BCUT2D eigenvalue weighted by Crippen LogP contribution is -2.36. The summed E-state index contributed by atoms with van der Waals surface area (Å²) in [6.07, 6.45) is 5.41. The third-order valence-electron chi connectivity index (χ3n) is 9.26. The van der Waals surface area contributed by atoms with Crippen molar-refractivity contribution < 1.29 is 22.7 Å². The second-order valence-corrected chi connectivity index (χ2v) is 14.6. The van der Waals surface area contributed by atoms with E-state index in [9.17, 15) is 18.0 Å². The van der Waals surface area contributed by atoms with E-state index in [0.717, 1.165) is 52.8 Å². The van der Waals surface area contributed by atoms with Crippen molar-refractivity contribution in [3.05, 3.63) is 142 Å². The number of nitrogens with zero attached hydrogens (tertiary/aromatic N) is 3. The number of ether oxygens (including phenoxy) is 1. The molecule has 1 fully saturated rings. The van der Waals surface area contributed by atoms with Crippen LogP contribution >= 0.6 is 11.6 Å². The maximum absolute atomic E-state index is 13.8. The van der Waals surface area contributed by atoms with Crippen molar-refractivity contribution in [2.75, 3.05) is 13.2 Å². The molecule has 0 radical (unpaired) electrons. The number of esters is 1. The zero-order valence-corrected chi connectivity index (χ0v) is 27.7. The van der Waals surface area contributed by atoms with Crippen LogP contribution in [-0.2, 0) is 32.5 Å². The number of rotatable bonds is 7. The van der Waals surface area contributed by atoms with Crippen LogP contribution < -0.4 is 0 Å². The number of hydrazone groups is 1. The van der Waals surface area contributed by atoms with Crippen molar-refractivity contribution in [3.8, 4) is 0 Å². The molecular weight excluding hydrogens is 646 g/mol. The first kappa shape index (κ1) is 32.0. The van der Waals surface area contributed by atoms with E-state index in [0.29, 0.717) is 13.0 Å². The summed E-state index contributed by atoms with van der Waals surface area (Å²) in [5.41, 5.74) is 5.92. The Hall–Kier alpha value is -4.57. The first-order chi connectivity index (χ1) is 23.3. The van der Waals surface area contributed by atoms with Gasteiger partial charge in [0.15, 0.2) is 6.61 Å². The lowest BCUT2D eigenvalue weighted by atomic mass is 9.77. The van der Waals surface area contributed by atoms with E-state index in [4.69, 9.17) is 21.4 Å². The molecule has 2 atom stereocenters. The van der Waals surface area contributed by atoms with Crippen molar-refractivity contribution >= 4 is 45.3 Å². The predicted octanol–water partition coefficient (Wildman–Crippen LogP) is 7.07. The standard InChI is InChI=1S/C38H34ClN3O5S/c39-34-19-18-31(48(45,46)41-21-20-27-12-7-8-15-30(27)24-41)23-33(34)38(44)47-25-35(43)42-37(28-13-5-2-6-14-28)32-17-9-16-29(36(32)40-42)22-26-10-3-1-4-11-26/h1-8,10-15,18-19,22-23,32,37H,9,16-17,20-21,24-25H2/b29-22+/t32-,37-/m0/s1. The molecule has 0 N–H and O–H groups in total. The summed E-state index contributed by atoms with van der Waals surface area (Å²) in [6, 6.07) is 31.2. The minimum atomic E-state index is -3.93. The van der Waals surface area contributed by atoms with Crippen LogP contribution in [0, 0.1) is 5.92 Å². The molecule has 48 heavy (non-hydrogen) atoms. The number of carbonyl (C=O) groups excluding carboxylic acids is 2. The average Bonchev–Trinajstić information content (AvgIpc) is 3.52. The zero-order chi connectivity index (χ0) is 33.3. The fourth-order valence-corrected chi connectivity index (χ4v) is 8.50. The van der Waals surface area contributed by atoms with Crippen LogP contribution in [0.2, 0.25) is 5.02 Å². The fraction of sp³-hybridized carbons (Fsp3) is 0.237.